The Morgan fingerprint density at radius 1 is 1.38 bits per heavy atom. The van der Waals surface area contributed by atoms with Gasteiger partial charge in [-0.05, 0) is 51.8 Å². The van der Waals surface area contributed by atoms with Gasteiger partial charge in [-0.3, -0.25) is 4.79 Å². The Kier molecular flexibility index (Phi) is 6.21. The molecular formula is C17H28N2O2. The Balaban J connectivity index is 2.73. The second-order valence-electron chi connectivity index (χ2n) is 6.13. The fourth-order valence-electron chi connectivity index (χ4n) is 2.56. The van der Waals surface area contributed by atoms with Gasteiger partial charge in [0.1, 0.15) is 5.75 Å². The fraction of sp³-hybridized carbons (Fsp3) is 0.588. The van der Waals surface area contributed by atoms with Crippen LogP contribution in [0.25, 0.3) is 0 Å². The molecule has 2 unspecified atom stereocenters. The number of primary amides is 1. The van der Waals surface area contributed by atoms with Gasteiger partial charge in [-0.15, -0.1) is 0 Å². The maximum absolute atomic E-state index is 11.7. The van der Waals surface area contributed by atoms with Gasteiger partial charge in [0.25, 0.3) is 0 Å². The van der Waals surface area contributed by atoms with Crippen LogP contribution in [0.3, 0.4) is 0 Å². The lowest BCUT2D eigenvalue weighted by Gasteiger charge is -2.32. The molecule has 0 aliphatic rings. The molecule has 4 heteroatoms. The Morgan fingerprint density at radius 2 is 2.05 bits per heavy atom. The summed E-state index contributed by atoms with van der Waals surface area (Å²) in [4.78, 5) is 11.7. The lowest BCUT2D eigenvalue weighted by molar-refractivity contribution is -0.125. The van der Waals surface area contributed by atoms with E-state index in [0.717, 1.165) is 12.2 Å². The topological polar surface area (TPSA) is 64.3 Å². The van der Waals surface area contributed by atoms with Gasteiger partial charge in [-0.25, -0.2) is 0 Å². The number of nitrogens with one attached hydrogen (secondary N) is 1. The van der Waals surface area contributed by atoms with Crippen LogP contribution in [-0.2, 0) is 11.2 Å². The van der Waals surface area contributed by atoms with Crippen molar-refractivity contribution in [3.8, 4) is 5.75 Å². The molecule has 118 valence electrons. The van der Waals surface area contributed by atoms with Gasteiger partial charge in [-0.2, -0.15) is 0 Å². The number of nitrogens with two attached hydrogens (primary N) is 1. The first-order chi connectivity index (χ1) is 9.76. The van der Waals surface area contributed by atoms with Crippen molar-refractivity contribution in [3.63, 3.8) is 0 Å². The van der Waals surface area contributed by atoms with Crippen LogP contribution >= 0.6 is 0 Å². The minimum absolute atomic E-state index is 0.110. The van der Waals surface area contributed by atoms with Crippen LogP contribution in [0.15, 0.2) is 24.3 Å². The summed E-state index contributed by atoms with van der Waals surface area (Å²) in [5.41, 5.74) is 6.02. The second-order valence-corrected chi connectivity index (χ2v) is 6.13. The van der Waals surface area contributed by atoms with Crippen LogP contribution in [0.1, 0.15) is 46.6 Å². The highest BCUT2D eigenvalue weighted by molar-refractivity contribution is 5.84. The van der Waals surface area contributed by atoms with E-state index in [1.807, 2.05) is 45.9 Å². The third-order valence-corrected chi connectivity index (χ3v) is 3.49. The van der Waals surface area contributed by atoms with Gasteiger partial charge in [0.05, 0.1) is 11.6 Å². The number of aryl methyl sites for hydroxylation is 1. The summed E-state index contributed by atoms with van der Waals surface area (Å²) in [6.45, 7) is 9.90. The third kappa shape index (κ3) is 5.38. The van der Waals surface area contributed by atoms with Crippen LogP contribution < -0.4 is 15.8 Å². The smallest absolute Gasteiger partial charge is 0.237 e. The second kappa shape index (κ2) is 7.46. The van der Waals surface area contributed by atoms with Crippen molar-refractivity contribution in [2.75, 3.05) is 0 Å². The van der Waals surface area contributed by atoms with Gasteiger partial charge in [0, 0.05) is 12.5 Å². The number of ether oxygens (including phenoxy) is 1. The summed E-state index contributed by atoms with van der Waals surface area (Å²) < 4.78 is 5.94. The number of amides is 1. The third-order valence-electron chi connectivity index (χ3n) is 3.49. The Morgan fingerprint density at radius 3 is 2.57 bits per heavy atom. The van der Waals surface area contributed by atoms with Gasteiger partial charge < -0.3 is 15.8 Å². The number of hydrogen-bond donors (Lipinski definition) is 2. The Bertz CT molecular complexity index is 474. The van der Waals surface area contributed by atoms with E-state index in [9.17, 15) is 4.79 Å². The van der Waals surface area contributed by atoms with Crippen LogP contribution in [0.5, 0.6) is 5.75 Å². The summed E-state index contributed by atoms with van der Waals surface area (Å²) in [7, 11) is 0. The summed E-state index contributed by atoms with van der Waals surface area (Å²) in [6, 6.07) is 8.21. The lowest BCUT2D eigenvalue weighted by atomic mass is 9.93. The molecule has 1 aromatic carbocycles. The molecular weight excluding hydrogens is 264 g/mol. The molecule has 1 amide bonds. The summed E-state index contributed by atoms with van der Waals surface area (Å²) in [5.74, 6) is 0.479. The molecule has 0 heterocycles. The van der Waals surface area contributed by atoms with Crippen molar-refractivity contribution in [3.05, 3.63) is 29.8 Å². The molecule has 0 spiro atoms. The predicted molar refractivity (Wildman–Crippen MR) is 86.4 cm³/mol. The minimum atomic E-state index is -0.768. The molecule has 0 fully saturated rings. The minimum Gasteiger partial charge on any atom is -0.491 e. The van der Waals surface area contributed by atoms with E-state index in [4.69, 9.17) is 10.5 Å². The zero-order chi connectivity index (χ0) is 16.0. The van der Waals surface area contributed by atoms with Crippen molar-refractivity contribution in [2.24, 2.45) is 5.73 Å². The van der Waals surface area contributed by atoms with Crippen LogP contribution in [0, 0.1) is 0 Å². The van der Waals surface area contributed by atoms with E-state index < -0.39 is 5.54 Å². The van der Waals surface area contributed by atoms with Crippen LogP contribution in [-0.4, -0.2) is 23.6 Å². The molecule has 0 saturated heterocycles. The number of rotatable bonds is 8. The highest BCUT2D eigenvalue weighted by Gasteiger charge is 2.33. The Hall–Kier alpha value is -1.55. The SMILES string of the molecule is CCc1cccc(OC(C)CC(C)(NC(C)C)C(N)=O)c1. The summed E-state index contributed by atoms with van der Waals surface area (Å²) in [5, 5.41) is 3.24. The average molecular weight is 292 g/mol. The quantitative estimate of drug-likeness (QED) is 0.774. The maximum Gasteiger partial charge on any atom is 0.237 e. The van der Waals surface area contributed by atoms with Crippen molar-refractivity contribution in [2.45, 2.75) is 65.1 Å². The highest BCUT2D eigenvalue weighted by atomic mass is 16.5. The standard InChI is InChI=1S/C17H28N2O2/c1-6-14-8-7-9-15(10-14)21-13(4)11-17(5,16(18)20)19-12(2)3/h7-10,12-13,19H,6,11H2,1-5H3,(H2,18,20). The molecule has 0 bridgehead atoms. The summed E-state index contributed by atoms with van der Waals surface area (Å²) in [6.07, 6.45) is 1.39. The largest absolute Gasteiger partial charge is 0.491 e. The monoisotopic (exact) mass is 292 g/mol. The van der Waals surface area contributed by atoms with Gasteiger partial charge >= 0.3 is 0 Å². The molecule has 3 N–H and O–H groups in total. The number of benzene rings is 1. The first kappa shape index (κ1) is 17.5. The summed E-state index contributed by atoms with van der Waals surface area (Å²) >= 11 is 0. The zero-order valence-electron chi connectivity index (χ0n) is 13.8. The molecule has 0 aliphatic carbocycles. The van der Waals surface area contributed by atoms with E-state index >= 15 is 0 Å². The van der Waals surface area contributed by atoms with Crippen molar-refractivity contribution in [1.29, 1.82) is 0 Å². The molecule has 1 aromatic rings. The first-order valence-electron chi connectivity index (χ1n) is 7.60. The molecule has 0 aromatic heterocycles. The van der Waals surface area contributed by atoms with Gasteiger partial charge in [0.2, 0.25) is 5.91 Å². The van der Waals surface area contributed by atoms with Crippen LogP contribution in [0.2, 0.25) is 0 Å². The van der Waals surface area contributed by atoms with Gasteiger partial charge in [-0.1, -0.05) is 19.1 Å². The Labute approximate surface area is 128 Å². The van der Waals surface area contributed by atoms with Crippen LogP contribution in [0.4, 0.5) is 0 Å². The molecule has 0 saturated carbocycles. The predicted octanol–water partition coefficient (Wildman–Crippen LogP) is 2.65. The zero-order valence-corrected chi connectivity index (χ0v) is 13.8. The molecule has 21 heavy (non-hydrogen) atoms. The van der Waals surface area contributed by atoms with Gasteiger partial charge in [0.15, 0.2) is 0 Å². The lowest BCUT2D eigenvalue weighted by Crippen LogP contribution is -2.57. The maximum atomic E-state index is 11.7. The highest BCUT2D eigenvalue weighted by Crippen LogP contribution is 2.20. The van der Waals surface area contributed by atoms with E-state index in [-0.39, 0.29) is 18.1 Å². The first-order valence-corrected chi connectivity index (χ1v) is 7.60. The number of carbonyl (C=O) groups excluding carboxylic acids is 1. The fourth-order valence-corrected chi connectivity index (χ4v) is 2.56. The average Bonchev–Trinajstić information content (AvgIpc) is 2.37. The van der Waals surface area contributed by atoms with E-state index in [2.05, 4.69) is 18.3 Å². The molecule has 0 radical (unpaired) electrons. The van der Waals surface area contributed by atoms with Crippen molar-refractivity contribution >= 4 is 5.91 Å². The molecule has 4 nitrogen and oxygen atoms in total. The molecule has 1 rings (SSSR count). The van der Waals surface area contributed by atoms with Crippen molar-refractivity contribution in [1.82, 2.24) is 5.32 Å². The molecule has 2 atom stereocenters. The number of carbonyl (C=O) groups is 1. The van der Waals surface area contributed by atoms with Crippen molar-refractivity contribution < 1.29 is 9.53 Å². The van der Waals surface area contributed by atoms with E-state index in [1.54, 1.807) is 0 Å². The molecule has 0 aliphatic heterocycles. The normalized spacial score (nSPS) is 15.5. The van der Waals surface area contributed by atoms with E-state index in [0.29, 0.717) is 6.42 Å². The van der Waals surface area contributed by atoms with E-state index in [1.165, 1.54) is 5.56 Å². The number of hydrogen-bond acceptors (Lipinski definition) is 3.